The first-order valence-corrected chi connectivity index (χ1v) is 7.33. The quantitative estimate of drug-likeness (QED) is 0.793. The molecule has 0 aliphatic carbocycles. The van der Waals surface area contributed by atoms with Crippen LogP contribution in [0, 0.1) is 6.92 Å². The summed E-state index contributed by atoms with van der Waals surface area (Å²) in [5, 5.41) is 0. The van der Waals surface area contributed by atoms with Crippen molar-refractivity contribution in [3.05, 3.63) is 46.6 Å². The molecule has 0 bridgehead atoms. The van der Waals surface area contributed by atoms with Crippen LogP contribution < -0.4 is 5.73 Å². The molecule has 2 aromatic heterocycles. The van der Waals surface area contributed by atoms with Crippen LogP contribution in [0.1, 0.15) is 23.2 Å². The normalized spacial score (nSPS) is 11.3. The number of hydrogen-bond donors (Lipinski definition) is 1. The maximum atomic E-state index is 5.98. The van der Waals surface area contributed by atoms with Gasteiger partial charge in [-0.1, -0.05) is 37.3 Å². The van der Waals surface area contributed by atoms with Crippen molar-refractivity contribution in [2.45, 2.75) is 26.8 Å². The first kappa shape index (κ1) is 12.4. The molecule has 3 rings (SSSR count). The summed E-state index contributed by atoms with van der Waals surface area (Å²) < 4.78 is 2.24. The van der Waals surface area contributed by atoms with E-state index in [1.807, 2.05) is 18.2 Å². The third kappa shape index (κ3) is 1.88. The number of imidazole rings is 1. The topological polar surface area (TPSA) is 43.3 Å². The van der Waals surface area contributed by atoms with Gasteiger partial charge in [0.05, 0.1) is 11.4 Å². The minimum atomic E-state index is 0.508. The third-order valence-corrected chi connectivity index (χ3v) is 4.44. The molecule has 0 amide bonds. The number of hydrogen-bond acceptors (Lipinski definition) is 3. The lowest BCUT2D eigenvalue weighted by Crippen LogP contribution is -2.04. The van der Waals surface area contributed by atoms with Crippen LogP contribution in [0.3, 0.4) is 0 Å². The molecule has 0 saturated heterocycles. The van der Waals surface area contributed by atoms with Gasteiger partial charge in [-0.3, -0.25) is 4.40 Å². The number of thiazole rings is 1. The minimum Gasteiger partial charge on any atom is -0.325 e. The van der Waals surface area contributed by atoms with Gasteiger partial charge in [-0.25, -0.2) is 4.98 Å². The second-order valence-corrected chi connectivity index (χ2v) is 5.74. The van der Waals surface area contributed by atoms with Gasteiger partial charge < -0.3 is 5.73 Å². The van der Waals surface area contributed by atoms with Gasteiger partial charge in [-0.05, 0) is 13.3 Å². The molecule has 0 aliphatic rings. The first-order chi connectivity index (χ1) is 9.26. The fourth-order valence-corrected chi connectivity index (χ4v) is 3.63. The molecule has 2 heterocycles. The van der Waals surface area contributed by atoms with Gasteiger partial charge in [0.1, 0.15) is 0 Å². The highest BCUT2D eigenvalue weighted by Gasteiger charge is 2.18. The average Bonchev–Trinajstić information content (AvgIpc) is 2.93. The van der Waals surface area contributed by atoms with E-state index in [0.717, 1.165) is 28.3 Å². The Bertz CT molecular complexity index is 710. The Balaban J connectivity index is 2.30. The summed E-state index contributed by atoms with van der Waals surface area (Å²) >= 11 is 1.74. The van der Waals surface area contributed by atoms with Gasteiger partial charge in [0.25, 0.3) is 0 Å². The largest absolute Gasteiger partial charge is 0.325 e. The zero-order valence-electron chi connectivity index (χ0n) is 11.2. The van der Waals surface area contributed by atoms with Crippen LogP contribution in [0.5, 0.6) is 0 Å². The molecular weight excluding hydrogens is 254 g/mol. The summed E-state index contributed by atoms with van der Waals surface area (Å²) in [4.78, 5) is 7.17. The summed E-state index contributed by atoms with van der Waals surface area (Å²) in [5.74, 6) is 0. The Kier molecular flexibility index (Phi) is 3.12. The molecule has 0 radical (unpaired) electrons. The lowest BCUT2D eigenvalue weighted by molar-refractivity contribution is 0.902. The molecule has 2 N–H and O–H groups in total. The zero-order chi connectivity index (χ0) is 13.4. The highest BCUT2D eigenvalue weighted by atomic mass is 32.1. The number of aromatic nitrogens is 2. The van der Waals surface area contributed by atoms with E-state index in [1.54, 1.807) is 11.3 Å². The van der Waals surface area contributed by atoms with Crippen molar-refractivity contribution in [1.82, 2.24) is 9.38 Å². The Morgan fingerprint density at radius 2 is 1.95 bits per heavy atom. The lowest BCUT2D eigenvalue weighted by Gasteiger charge is -2.04. The Hall–Kier alpha value is -1.65. The molecule has 19 heavy (non-hydrogen) atoms. The molecule has 98 valence electrons. The van der Waals surface area contributed by atoms with Crippen LogP contribution in [-0.2, 0) is 13.0 Å². The van der Waals surface area contributed by atoms with Crippen LogP contribution in [0.2, 0.25) is 0 Å². The van der Waals surface area contributed by atoms with E-state index < -0.39 is 0 Å². The van der Waals surface area contributed by atoms with Crippen molar-refractivity contribution in [2.75, 3.05) is 0 Å². The van der Waals surface area contributed by atoms with E-state index in [9.17, 15) is 0 Å². The zero-order valence-corrected chi connectivity index (χ0v) is 12.0. The highest BCUT2D eigenvalue weighted by molar-refractivity contribution is 7.17. The van der Waals surface area contributed by atoms with Crippen molar-refractivity contribution in [1.29, 1.82) is 0 Å². The van der Waals surface area contributed by atoms with E-state index in [0.29, 0.717) is 6.54 Å². The second kappa shape index (κ2) is 4.79. The number of rotatable bonds is 3. The molecule has 0 aliphatic heterocycles. The maximum absolute atomic E-state index is 5.98. The smallest absolute Gasteiger partial charge is 0.194 e. The van der Waals surface area contributed by atoms with Gasteiger partial charge in [0.2, 0.25) is 0 Å². The van der Waals surface area contributed by atoms with Crippen LogP contribution in [0.4, 0.5) is 0 Å². The van der Waals surface area contributed by atoms with Crippen molar-refractivity contribution in [2.24, 2.45) is 5.73 Å². The highest BCUT2D eigenvalue weighted by Crippen LogP contribution is 2.30. The molecule has 0 unspecified atom stereocenters. The van der Waals surface area contributed by atoms with Gasteiger partial charge in [-0.15, -0.1) is 11.3 Å². The number of benzene rings is 1. The molecule has 3 aromatic rings. The Morgan fingerprint density at radius 1 is 1.21 bits per heavy atom. The number of fused-ring (bicyclic) bond motifs is 1. The molecular formula is C15H17N3S. The SMILES string of the molecule is CCc1c(C)sc2nc(-c3ccccc3)c(CN)n12. The summed E-state index contributed by atoms with van der Waals surface area (Å²) in [5.41, 5.74) is 10.6. The van der Waals surface area contributed by atoms with E-state index in [2.05, 4.69) is 30.4 Å². The Labute approximate surface area is 116 Å². The summed E-state index contributed by atoms with van der Waals surface area (Å²) in [6, 6.07) is 10.3. The summed E-state index contributed by atoms with van der Waals surface area (Å²) in [6.45, 7) is 4.84. The van der Waals surface area contributed by atoms with Crippen molar-refractivity contribution in [3.8, 4) is 11.3 Å². The van der Waals surface area contributed by atoms with Crippen molar-refractivity contribution in [3.63, 3.8) is 0 Å². The molecule has 4 heteroatoms. The lowest BCUT2D eigenvalue weighted by atomic mass is 10.1. The van der Waals surface area contributed by atoms with Crippen LogP contribution >= 0.6 is 11.3 Å². The van der Waals surface area contributed by atoms with Crippen LogP contribution in [-0.4, -0.2) is 9.38 Å². The van der Waals surface area contributed by atoms with Crippen molar-refractivity contribution < 1.29 is 0 Å². The fraction of sp³-hybridized carbons (Fsp3) is 0.267. The minimum absolute atomic E-state index is 0.508. The monoisotopic (exact) mass is 271 g/mol. The van der Waals surface area contributed by atoms with E-state index >= 15 is 0 Å². The van der Waals surface area contributed by atoms with Gasteiger partial charge in [-0.2, -0.15) is 0 Å². The fourth-order valence-electron chi connectivity index (χ4n) is 2.55. The summed E-state index contributed by atoms with van der Waals surface area (Å²) in [7, 11) is 0. The second-order valence-electron chi connectivity index (χ2n) is 4.55. The predicted octanol–water partition coefficient (Wildman–Crippen LogP) is 3.39. The van der Waals surface area contributed by atoms with Gasteiger partial charge >= 0.3 is 0 Å². The molecule has 1 aromatic carbocycles. The van der Waals surface area contributed by atoms with E-state index in [-0.39, 0.29) is 0 Å². The molecule has 3 nitrogen and oxygen atoms in total. The summed E-state index contributed by atoms with van der Waals surface area (Å²) in [6.07, 6.45) is 1.00. The first-order valence-electron chi connectivity index (χ1n) is 6.51. The molecule has 0 saturated carbocycles. The van der Waals surface area contributed by atoms with Crippen LogP contribution in [0.15, 0.2) is 30.3 Å². The van der Waals surface area contributed by atoms with Gasteiger partial charge in [0, 0.05) is 22.7 Å². The number of nitrogens with two attached hydrogens (primary N) is 1. The standard InChI is InChI=1S/C15H17N3S/c1-3-12-10(2)19-15-17-14(13(9-16)18(12)15)11-7-5-4-6-8-11/h4-8H,3,9,16H2,1-2H3. The predicted molar refractivity (Wildman–Crippen MR) is 80.5 cm³/mol. The Morgan fingerprint density at radius 3 is 2.58 bits per heavy atom. The molecule has 0 fully saturated rings. The van der Waals surface area contributed by atoms with E-state index in [4.69, 9.17) is 10.7 Å². The molecule has 0 spiro atoms. The maximum Gasteiger partial charge on any atom is 0.194 e. The number of aryl methyl sites for hydroxylation is 2. The van der Waals surface area contributed by atoms with Crippen molar-refractivity contribution >= 4 is 16.3 Å². The van der Waals surface area contributed by atoms with Crippen LogP contribution in [0.25, 0.3) is 16.2 Å². The van der Waals surface area contributed by atoms with Gasteiger partial charge in [0.15, 0.2) is 4.96 Å². The number of nitrogens with zero attached hydrogens (tertiary/aromatic N) is 2. The molecule has 0 atom stereocenters. The third-order valence-electron chi connectivity index (χ3n) is 3.44. The average molecular weight is 271 g/mol. The van der Waals surface area contributed by atoms with E-state index in [1.165, 1.54) is 10.6 Å².